The molecule has 4 aromatic rings. The smallest absolute Gasteiger partial charge is 0.348 e. The number of amides is 1. The molecule has 10 heteroatoms. The number of aromatic nitrogens is 2. The van der Waals surface area contributed by atoms with E-state index in [-0.39, 0.29) is 35.1 Å². The van der Waals surface area contributed by atoms with Crippen molar-refractivity contribution in [3.8, 4) is 0 Å². The number of halogens is 3. The van der Waals surface area contributed by atoms with Gasteiger partial charge in [-0.25, -0.2) is 4.79 Å². The molecular formula is C22H16F3N3O3S. The molecule has 4 rings (SSSR count). The molecule has 0 atom stereocenters. The van der Waals surface area contributed by atoms with Gasteiger partial charge in [0.1, 0.15) is 0 Å². The summed E-state index contributed by atoms with van der Waals surface area (Å²) >= 11 is 1.42. The van der Waals surface area contributed by atoms with Crippen LogP contribution in [0.25, 0.3) is 10.9 Å². The molecule has 6 nitrogen and oxygen atoms in total. The number of rotatable bonds is 5. The van der Waals surface area contributed by atoms with Gasteiger partial charge in [0.15, 0.2) is 0 Å². The van der Waals surface area contributed by atoms with Crippen molar-refractivity contribution in [2.24, 2.45) is 0 Å². The lowest BCUT2D eigenvalue weighted by Crippen LogP contribution is -2.35. The van der Waals surface area contributed by atoms with Crippen LogP contribution in [-0.4, -0.2) is 15.5 Å². The van der Waals surface area contributed by atoms with Crippen molar-refractivity contribution in [1.82, 2.24) is 14.9 Å². The summed E-state index contributed by atoms with van der Waals surface area (Å²) in [5, 5.41) is 4.51. The molecule has 2 heterocycles. The molecule has 0 aliphatic rings. The zero-order valence-corrected chi connectivity index (χ0v) is 17.2. The predicted molar refractivity (Wildman–Crippen MR) is 115 cm³/mol. The van der Waals surface area contributed by atoms with E-state index in [1.165, 1.54) is 47.7 Å². The van der Waals surface area contributed by atoms with E-state index >= 15 is 0 Å². The van der Waals surface area contributed by atoms with E-state index in [1.54, 1.807) is 0 Å². The van der Waals surface area contributed by atoms with E-state index in [2.05, 4.69) is 10.3 Å². The Morgan fingerprint density at radius 3 is 2.56 bits per heavy atom. The molecule has 0 saturated heterocycles. The molecule has 0 spiro atoms. The Bertz CT molecular complexity index is 1410. The molecule has 0 unspecified atom stereocenters. The van der Waals surface area contributed by atoms with Gasteiger partial charge < -0.3 is 10.3 Å². The molecule has 32 heavy (non-hydrogen) atoms. The lowest BCUT2D eigenvalue weighted by Gasteiger charge is -2.13. The fourth-order valence-electron chi connectivity index (χ4n) is 3.33. The number of nitrogens with zero attached hydrogens (tertiary/aromatic N) is 1. The summed E-state index contributed by atoms with van der Waals surface area (Å²) in [6.45, 7) is -0.200. The highest BCUT2D eigenvalue weighted by Gasteiger charge is 2.32. The SMILES string of the molecule is O=C(NCc1ccccc1C(F)(F)F)c1ccc2c(=O)n(Cc3cccs3)c(=O)[nH]c2c1. The van der Waals surface area contributed by atoms with Crippen LogP contribution in [0.4, 0.5) is 13.2 Å². The average Bonchev–Trinajstić information content (AvgIpc) is 3.27. The molecule has 164 valence electrons. The fraction of sp³-hybridized carbons (Fsp3) is 0.136. The third kappa shape index (κ3) is 4.35. The number of carbonyl (C=O) groups excluding carboxylic acids is 1. The zero-order chi connectivity index (χ0) is 22.9. The summed E-state index contributed by atoms with van der Waals surface area (Å²) < 4.78 is 40.4. The highest BCUT2D eigenvalue weighted by molar-refractivity contribution is 7.09. The topological polar surface area (TPSA) is 84.0 Å². The third-order valence-electron chi connectivity index (χ3n) is 4.90. The normalized spacial score (nSPS) is 11.6. The molecule has 0 bridgehead atoms. The van der Waals surface area contributed by atoms with Crippen LogP contribution in [0.3, 0.4) is 0 Å². The van der Waals surface area contributed by atoms with Crippen molar-refractivity contribution in [2.45, 2.75) is 19.3 Å². The number of nitrogens with one attached hydrogen (secondary N) is 2. The zero-order valence-electron chi connectivity index (χ0n) is 16.4. The van der Waals surface area contributed by atoms with Crippen LogP contribution in [0.2, 0.25) is 0 Å². The molecule has 2 aromatic carbocycles. The highest BCUT2D eigenvalue weighted by atomic mass is 32.1. The first kappa shape index (κ1) is 21.6. The maximum Gasteiger partial charge on any atom is 0.416 e. The van der Waals surface area contributed by atoms with Gasteiger partial charge in [-0.2, -0.15) is 13.2 Å². The van der Waals surface area contributed by atoms with Gasteiger partial charge in [0.25, 0.3) is 11.5 Å². The molecule has 0 aliphatic heterocycles. The Kier molecular flexibility index (Phi) is 5.70. The molecule has 1 amide bonds. The van der Waals surface area contributed by atoms with Crippen LogP contribution in [0.1, 0.15) is 26.4 Å². The Labute approximate surface area is 183 Å². The first-order valence-electron chi connectivity index (χ1n) is 9.46. The lowest BCUT2D eigenvalue weighted by atomic mass is 10.1. The van der Waals surface area contributed by atoms with E-state index in [4.69, 9.17) is 0 Å². The van der Waals surface area contributed by atoms with Crippen LogP contribution in [-0.2, 0) is 19.3 Å². The second-order valence-electron chi connectivity index (χ2n) is 7.00. The summed E-state index contributed by atoms with van der Waals surface area (Å²) in [6.07, 6.45) is -4.53. The number of H-pyrrole nitrogens is 1. The second-order valence-corrected chi connectivity index (χ2v) is 8.03. The molecular weight excluding hydrogens is 443 g/mol. The predicted octanol–water partition coefficient (Wildman–Crippen LogP) is 3.75. The molecule has 0 aliphatic carbocycles. The van der Waals surface area contributed by atoms with Gasteiger partial charge in [-0.05, 0) is 41.3 Å². The monoisotopic (exact) mass is 459 g/mol. The van der Waals surface area contributed by atoms with Gasteiger partial charge >= 0.3 is 11.9 Å². The van der Waals surface area contributed by atoms with Crippen LogP contribution >= 0.6 is 11.3 Å². The molecule has 2 aromatic heterocycles. The Hall–Kier alpha value is -3.66. The number of hydrogen-bond donors (Lipinski definition) is 2. The largest absolute Gasteiger partial charge is 0.416 e. The minimum absolute atomic E-state index is 0.0704. The number of carbonyl (C=O) groups is 1. The van der Waals surface area contributed by atoms with Crippen LogP contribution in [0.15, 0.2) is 69.6 Å². The Morgan fingerprint density at radius 1 is 1.06 bits per heavy atom. The molecule has 0 radical (unpaired) electrons. The molecule has 0 saturated carbocycles. The van der Waals surface area contributed by atoms with Crippen LogP contribution in [0, 0.1) is 0 Å². The standard InChI is InChI=1S/C22H16F3N3O3S/c23-22(24,25)17-6-2-1-4-14(17)11-26-19(29)13-7-8-16-18(10-13)27-21(31)28(20(16)30)12-15-5-3-9-32-15/h1-10H,11-12H2,(H,26,29)(H,27,31). The van der Waals surface area contributed by atoms with Crippen molar-refractivity contribution in [3.63, 3.8) is 0 Å². The van der Waals surface area contributed by atoms with Crippen molar-refractivity contribution >= 4 is 28.1 Å². The molecule has 2 N–H and O–H groups in total. The second kappa shape index (κ2) is 8.46. The van der Waals surface area contributed by atoms with Crippen molar-refractivity contribution in [1.29, 1.82) is 0 Å². The van der Waals surface area contributed by atoms with Crippen LogP contribution < -0.4 is 16.6 Å². The Balaban J connectivity index is 1.59. The Morgan fingerprint density at radius 2 is 1.84 bits per heavy atom. The molecule has 0 fully saturated rings. The van der Waals surface area contributed by atoms with E-state index in [0.717, 1.165) is 15.5 Å². The van der Waals surface area contributed by atoms with Gasteiger partial charge in [0.05, 0.1) is 23.0 Å². The number of fused-ring (bicyclic) bond motifs is 1. The summed E-state index contributed by atoms with van der Waals surface area (Å²) in [4.78, 5) is 41.1. The minimum atomic E-state index is -4.53. The first-order chi connectivity index (χ1) is 15.2. The maximum atomic E-state index is 13.1. The third-order valence-corrected chi connectivity index (χ3v) is 5.76. The summed E-state index contributed by atoms with van der Waals surface area (Å²) in [7, 11) is 0. The lowest BCUT2D eigenvalue weighted by molar-refractivity contribution is -0.138. The van der Waals surface area contributed by atoms with Crippen LogP contribution in [0.5, 0.6) is 0 Å². The van der Waals surface area contributed by atoms with Crippen molar-refractivity contribution in [2.75, 3.05) is 0 Å². The van der Waals surface area contributed by atoms with Gasteiger partial charge in [-0.1, -0.05) is 24.3 Å². The van der Waals surface area contributed by atoms with Gasteiger partial charge in [0, 0.05) is 17.0 Å². The summed E-state index contributed by atoms with van der Waals surface area (Å²) in [6, 6.07) is 12.7. The summed E-state index contributed by atoms with van der Waals surface area (Å²) in [5.41, 5.74) is -1.73. The van der Waals surface area contributed by atoms with E-state index in [9.17, 15) is 27.6 Å². The van der Waals surface area contributed by atoms with Crippen molar-refractivity contribution < 1.29 is 18.0 Å². The van der Waals surface area contributed by atoms with Gasteiger partial charge in [-0.3, -0.25) is 14.2 Å². The fourth-order valence-corrected chi connectivity index (χ4v) is 4.02. The number of alkyl halides is 3. The number of aromatic amines is 1. The first-order valence-corrected chi connectivity index (χ1v) is 10.3. The average molecular weight is 459 g/mol. The van der Waals surface area contributed by atoms with Crippen molar-refractivity contribution in [3.05, 3.63) is 102 Å². The quantitative estimate of drug-likeness (QED) is 0.477. The number of thiophene rings is 1. The minimum Gasteiger partial charge on any atom is -0.348 e. The highest BCUT2D eigenvalue weighted by Crippen LogP contribution is 2.31. The van der Waals surface area contributed by atoms with E-state index in [0.29, 0.717) is 0 Å². The van der Waals surface area contributed by atoms with Gasteiger partial charge in [0.2, 0.25) is 0 Å². The van der Waals surface area contributed by atoms with E-state index < -0.39 is 28.9 Å². The number of benzene rings is 2. The maximum absolute atomic E-state index is 13.1. The summed E-state index contributed by atoms with van der Waals surface area (Å²) in [5.74, 6) is -0.632. The van der Waals surface area contributed by atoms with E-state index in [1.807, 2.05) is 17.5 Å². The number of hydrogen-bond acceptors (Lipinski definition) is 4. The van der Waals surface area contributed by atoms with Gasteiger partial charge in [-0.15, -0.1) is 11.3 Å².